The molecule has 0 N–H and O–H groups in total. The molecule has 0 amide bonds. The lowest BCUT2D eigenvalue weighted by Gasteiger charge is -2.36. The molecule has 6 heteroatoms. The van der Waals surface area contributed by atoms with E-state index in [1.807, 2.05) is 31.2 Å². The highest BCUT2D eigenvalue weighted by Crippen LogP contribution is 2.21. The van der Waals surface area contributed by atoms with Gasteiger partial charge < -0.3 is 4.52 Å². The molecular formula is C18H23N5O. The maximum Gasteiger partial charge on any atom is 0.243 e. The van der Waals surface area contributed by atoms with Crippen molar-refractivity contribution in [2.24, 2.45) is 0 Å². The van der Waals surface area contributed by atoms with Gasteiger partial charge in [0.25, 0.3) is 0 Å². The molecule has 0 saturated carbocycles. The van der Waals surface area contributed by atoms with Crippen LogP contribution < -0.4 is 0 Å². The molecule has 3 rings (SSSR count). The van der Waals surface area contributed by atoms with E-state index in [0.29, 0.717) is 5.89 Å². The topological polar surface area (TPSA) is 69.2 Å². The average Bonchev–Trinajstić information content (AvgIpc) is 3.11. The highest BCUT2D eigenvalue weighted by molar-refractivity contribution is 5.37. The number of hydrogen-bond acceptors (Lipinski definition) is 6. The summed E-state index contributed by atoms with van der Waals surface area (Å²) in [5.74, 6) is 1.47. The van der Waals surface area contributed by atoms with Crippen LogP contribution in [0.2, 0.25) is 0 Å². The number of aromatic nitrogens is 2. The summed E-state index contributed by atoms with van der Waals surface area (Å²) in [5.41, 5.74) is 1.87. The minimum absolute atomic E-state index is 0.145. The Hall–Kier alpha value is -2.23. The van der Waals surface area contributed by atoms with E-state index in [9.17, 15) is 5.26 Å². The van der Waals surface area contributed by atoms with Crippen LogP contribution in [0.5, 0.6) is 0 Å². The Balaban J connectivity index is 1.56. The first-order valence-electron chi connectivity index (χ1n) is 8.48. The lowest BCUT2D eigenvalue weighted by molar-refractivity contribution is 0.0845. The van der Waals surface area contributed by atoms with Crippen molar-refractivity contribution < 1.29 is 4.52 Å². The van der Waals surface area contributed by atoms with Crippen LogP contribution in [0, 0.1) is 11.3 Å². The first kappa shape index (κ1) is 16.6. The van der Waals surface area contributed by atoms with Gasteiger partial charge in [-0.3, -0.25) is 9.80 Å². The number of nitriles is 1. The minimum Gasteiger partial charge on any atom is -0.338 e. The van der Waals surface area contributed by atoms with Gasteiger partial charge in [-0.15, -0.1) is 0 Å². The Morgan fingerprint density at radius 2 is 2.00 bits per heavy atom. The van der Waals surface area contributed by atoms with E-state index in [4.69, 9.17) is 4.52 Å². The summed E-state index contributed by atoms with van der Waals surface area (Å²) in [6, 6.07) is 10.3. The molecule has 126 valence electrons. The predicted molar refractivity (Wildman–Crippen MR) is 90.1 cm³/mol. The Morgan fingerprint density at radius 1 is 1.25 bits per heavy atom. The molecule has 1 aliphatic rings. The quantitative estimate of drug-likeness (QED) is 0.841. The number of nitrogens with zero attached hydrogens (tertiary/aromatic N) is 5. The van der Waals surface area contributed by atoms with E-state index in [2.05, 4.69) is 32.9 Å². The molecule has 1 atom stereocenters. The summed E-state index contributed by atoms with van der Waals surface area (Å²) in [6.07, 6.45) is 0.794. The van der Waals surface area contributed by atoms with E-state index in [1.54, 1.807) is 0 Å². The molecule has 2 heterocycles. The third kappa shape index (κ3) is 3.64. The van der Waals surface area contributed by atoms with Crippen molar-refractivity contribution in [3.63, 3.8) is 0 Å². The van der Waals surface area contributed by atoms with Gasteiger partial charge in [0.05, 0.1) is 17.7 Å². The van der Waals surface area contributed by atoms with E-state index in [0.717, 1.165) is 56.1 Å². The summed E-state index contributed by atoms with van der Waals surface area (Å²) in [4.78, 5) is 9.21. The molecule has 0 bridgehead atoms. The van der Waals surface area contributed by atoms with Crippen molar-refractivity contribution in [3.05, 3.63) is 47.1 Å². The Kier molecular flexibility index (Phi) is 5.24. The Labute approximate surface area is 142 Å². The van der Waals surface area contributed by atoms with E-state index in [-0.39, 0.29) is 6.04 Å². The van der Waals surface area contributed by atoms with Gasteiger partial charge in [0.15, 0.2) is 5.82 Å². The number of benzene rings is 1. The highest BCUT2D eigenvalue weighted by atomic mass is 16.5. The first-order chi connectivity index (χ1) is 11.7. The molecule has 24 heavy (non-hydrogen) atoms. The van der Waals surface area contributed by atoms with Crippen LogP contribution in [-0.2, 0) is 13.0 Å². The monoisotopic (exact) mass is 325 g/mol. The average molecular weight is 325 g/mol. The van der Waals surface area contributed by atoms with E-state index < -0.39 is 0 Å². The van der Waals surface area contributed by atoms with Crippen LogP contribution in [-0.4, -0.2) is 46.1 Å². The normalized spacial score (nSPS) is 17.5. The molecule has 1 aromatic carbocycles. The third-order valence-corrected chi connectivity index (χ3v) is 4.64. The molecule has 1 aliphatic heterocycles. The summed E-state index contributed by atoms with van der Waals surface area (Å²) in [7, 11) is 0. The van der Waals surface area contributed by atoms with Gasteiger partial charge in [0, 0.05) is 39.1 Å². The molecule has 0 aliphatic carbocycles. The maximum absolute atomic E-state index is 9.21. The van der Waals surface area contributed by atoms with Gasteiger partial charge in [-0.1, -0.05) is 30.3 Å². The molecule has 1 saturated heterocycles. The molecule has 0 radical (unpaired) electrons. The fourth-order valence-electron chi connectivity index (χ4n) is 3.05. The van der Waals surface area contributed by atoms with Crippen LogP contribution in [0.1, 0.15) is 42.7 Å². The fourth-order valence-corrected chi connectivity index (χ4v) is 3.05. The maximum atomic E-state index is 9.21. The van der Waals surface area contributed by atoms with Crippen molar-refractivity contribution in [1.82, 2.24) is 19.9 Å². The summed E-state index contributed by atoms with van der Waals surface area (Å²) in [6.45, 7) is 8.83. The minimum atomic E-state index is 0.145. The van der Waals surface area contributed by atoms with Crippen LogP contribution >= 0.6 is 0 Å². The van der Waals surface area contributed by atoms with Crippen LogP contribution in [0.25, 0.3) is 0 Å². The van der Waals surface area contributed by atoms with Crippen LogP contribution in [0.15, 0.2) is 28.8 Å². The van der Waals surface area contributed by atoms with Crippen molar-refractivity contribution in [3.8, 4) is 6.07 Å². The van der Waals surface area contributed by atoms with Crippen molar-refractivity contribution >= 4 is 0 Å². The standard InChI is InChI=1S/C18H23N5O/c1-3-17-20-18(24-21-17)14(2)23-10-8-22(9-11-23)13-16-7-5-4-6-15(16)12-19/h4-7,14H,3,8-11,13H2,1-2H3/t14-/m1/s1. The number of aryl methyl sites for hydroxylation is 1. The Morgan fingerprint density at radius 3 is 2.67 bits per heavy atom. The van der Waals surface area contributed by atoms with Gasteiger partial charge >= 0.3 is 0 Å². The van der Waals surface area contributed by atoms with E-state index in [1.165, 1.54) is 0 Å². The van der Waals surface area contributed by atoms with Gasteiger partial charge in [0.2, 0.25) is 5.89 Å². The SMILES string of the molecule is CCc1noc([C@@H](C)N2CCN(Cc3ccccc3C#N)CC2)n1. The van der Waals surface area contributed by atoms with Gasteiger partial charge in [-0.25, -0.2) is 0 Å². The molecule has 2 aromatic rings. The zero-order chi connectivity index (χ0) is 16.9. The summed E-state index contributed by atoms with van der Waals surface area (Å²) >= 11 is 0. The summed E-state index contributed by atoms with van der Waals surface area (Å²) in [5, 5.41) is 13.2. The van der Waals surface area contributed by atoms with Crippen molar-refractivity contribution in [1.29, 1.82) is 5.26 Å². The third-order valence-electron chi connectivity index (χ3n) is 4.64. The zero-order valence-corrected chi connectivity index (χ0v) is 14.3. The molecule has 0 unspecified atom stereocenters. The molecular weight excluding hydrogens is 302 g/mol. The second-order valence-electron chi connectivity index (χ2n) is 6.16. The lowest BCUT2D eigenvalue weighted by atomic mass is 10.1. The fraction of sp³-hybridized carbons (Fsp3) is 0.500. The lowest BCUT2D eigenvalue weighted by Crippen LogP contribution is -2.46. The summed E-state index contributed by atoms with van der Waals surface area (Å²) < 4.78 is 5.37. The van der Waals surface area contributed by atoms with Gasteiger partial charge in [-0.2, -0.15) is 10.2 Å². The number of rotatable bonds is 5. The second-order valence-corrected chi connectivity index (χ2v) is 6.16. The molecule has 1 aromatic heterocycles. The predicted octanol–water partition coefficient (Wildman–Crippen LogP) is 2.38. The highest BCUT2D eigenvalue weighted by Gasteiger charge is 2.25. The van der Waals surface area contributed by atoms with E-state index >= 15 is 0 Å². The van der Waals surface area contributed by atoms with Crippen LogP contribution in [0.4, 0.5) is 0 Å². The number of hydrogen-bond donors (Lipinski definition) is 0. The van der Waals surface area contributed by atoms with Crippen LogP contribution in [0.3, 0.4) is 0 Å². The largest absolute Gasteiger partial charge is 0.338 e. The van der Waals surface area contributed by atoms with Crippen molar-refractivity contribution in [2.45, 2.75) is 32.9 Å². The van der Waals surface area contributed by atoms with Gasteiger partial charge in [0.1, 0.15) is 0 Å². The second kappa shape index (κ2) is 7.56. The smallest absolute Gasteiger partial charge is 0.243 e. The number of piperazine rings is 1. The van der Waals surface area contributed by atoms with Crippen molar-refractivity contribution in [2.75, 3.05) is 26.2 Å². The molecule has 6 nitrogen and oxygen atoms in total. The molecule has 1 fully saturated rings. The first-order valence-corrected chi connectivity index (χ1v) is 8.48. The Bertz CT molecular complexity index is 712. The molecule has 0 spiro atoms. The zero-order valence-electron chi connectivity index (χ0n) is 14.3. The van der Waals surface area contributed by atoms with Gasteiger partial charge in [-0.05, 0) is 18.6 Å².